The van der Waals surface area contributed by atoms with E-state index >= 15 is 0 Å². The van der Waals surface area contributed by atoms with Gasteiger partial charge in [0.05, 0.1) is 6.54 Å². The van der Waals surface area contributed by atoms with Gasteiger partial charge in [-0.15, -0.1) is 0 Å². The average molecular weight is 252 g/mol. The summed E-state index contributed by atoms with van der Waals surface area (Å²) in [6, 6.07) is 0. The molecular weight excluding hydrogens is 224 g/mol. The van der Waals surface area contributed by atoms with Crippen LogP contribution in [0.4, 0.5) is 0 Å². The lowest BCUT2D eigenvalue weighted by Gasteiger charge is -2.33. The first-order valence-electron chi connectivity index (χ1n) is 7.44. The standard InChI is InChI=1S/C15H28N2O/c1-15(2,3)16-10-12-6-8-17(9-7-12)11-14(18)13-4-5-13/h12-13,16H,4-11H2,1-3H3. The van der Waals surface area contributed by atoms with Crippen LogP contribution in [-0.4, -0.2) is 42.4 Å². The van der Waals surface area contributed by atoms with E-state index in [2.05, 4.69) is 31.0 Å². The second kappa shape index (κ2) is 5.70. The summed E-state index contributed by atoms with van der Waals surface area (Å²) in [5.41, 5.74) is 0.221. The minimum Gasteiger partial charge on any atom is -0.312 e. The first kappa shape index (κ1) is 14.0. The molecule has 1 saturated heterocycles. The van der Waals surface area contributed by atoms with Crippen LogP contribution in [0, 0.1) is 11.8 Å². The number of likely N-dealkylation sites (tertiary alicyclic amines) is 1. The fourth-order valence-corrected chi connectivity index (χ4v) is 2.55. The monoisotopic (exact) mass is 252 g/mol. The van der Waals surface area contributed by atoms with E-state index in [9.17, 15) is 4.79 Å². The third kappa shape index (κ3) is 4.69. The number of Topliss-reactive ketones (excluding diaryl/α,β-unsaturated/α-hetero) is 1. The van der Waals surface area contributed by atoms with Crippen molar-refractivity contribution in [2.75, 3.05) is 26.2 Å². The minimum atomic E-state index is 0.221. The Morgan fingerprint density at radius 3 is 2.28 bits per heavy atom. The lowest BCUT2D eigenvalue weighted by Crippen LogP contribution is -2.44. The van der Waals surface area contributed by atoms with Crippen molar-refractivity contribution in [2.45, 2.75) is 52.0 Å². The molecule has 3 nitrogen and oxygen atoms in total. The topological polar surface area (TPSA) is 32.3 Å². The number of carbonyl (C=O) groups excluding carboxylic acids is 1. The minimum absolute atomic E-state index is 0.221. The number of hydrogen-bond acceptors (Lipinski definition) is 3. The van der Waals surface area contributed by atoms with Crippen molar-refractivity contribution < 1.29 is 4.79 Å². The van der Waals surface area contributed by atoms with Crippen molar-refractivity contribution in [3.05, 3.63) is 0 Å². The molecule has 1 saturated carbocycles. The Bertz CT molecular complexity index is 283. The molecule has 0 unspecified atom stereocenters. The summed E-state index contributed by atoms with van der Waals surface area (Å²) >= 11 is 0. The maximum absolute atomic E-state index is 11.8. The predicted octanol–water partition coefficient (Wildman–Crippen LogP) is 2.07. The van der Waals surface area contributed by atoms with Gasteiger partial charge in [0.15, 0.2) is 0 Å². The van der Waals surface area contributed by atoms with E-state index in [1.807, 2.05) is 0 Å². The Balaban J connectivity index is 1.63. The molecule has 18 heavy (non-hydrogen) atoms. The van der Waals surface area contributed by atoms with Crippen molar-refractivity contribution in [2.24, 2.45) is 11.8 Å². The van der Waals surface area contributed by atoms with Crippen LogP contribution in [0.15, 0.2) is 0 Å². The van der Waals surface area contributed by atoms with Gasteiger partial charge in [-0.2, -0.15) is 0 Å². The molecule has 2 rings (SSSR count). The van der Waals surface area contributed by atoms with Gasteiger partial charge in [0.1, 0.15) is 5.78 Å². The third-order valence-corrected chi connectivity index (χ3v) is 4.04. The van der Waals surface area contributed by atoms with Crippen LogP contribution < -0.4 is 5.32 Å². The predicted molar refractivity (Wildman–Crippen MR) is 74.7 cm³/mol. The largest absolute Gasteiger partial charge is 0.312 e. The second-order valence-corrected chi connectivity index (χ2v) is 7.09. The van der Waals surface area contributed by atoms with Gasteiger partial charge >= 0.3 is 0 Å². The molecule has 0 radical (unpaired) electrons. The summed E-state index contributed by atoms with van der Waals surface area (Å²) in [4.78, 5) is 14.1. The first-order chi connectivity index (χ1) is 8.44. The van der Waals surface area contributed by atoms with E-state index < -0.39 is 0 Å². The Kier molecular flexibility index (Phi) is 4.44. The summed E-state index contributed by atoms with van der Waals surface area (Å²) in [6.07, 6.45) is 4.76. The van der Waals surface area contributed by atoms with Crippen molar-refractivity contribution in [3.63, 3.8) is 0 Å². The van der Waals surface area contributed by atoms with Crippen LogP contribution in [0.1, 0.15) is 46.5 Å². The molecule has 0 aromatic carbocycles. The van der Waals surface area contributed by atoms with Gasteiger partial charge in [-0.05, 0) is 72.0 Å². The molecular formula is C15H28N2O. The van der Waals surface area contributed by atoms with Crippen molar-refractivity contribution in [1.82, 2.24) is 10.2 Å². The number of hydrogen-bond donors (Lipinski definition) is 1. The highest BCUT2D eigenvalue weighted by atomic mass is 16.1. The number of ketones is 1. The molecule has 2 aliphatic rings. The first-order valence-corrected chi connectivity index (χ1v) is 7.44. The highest BCUT2D eigenvalue weighted by Gasteiger charge is 2.31. The Hall–Kier alpha value is -0.410. The SMILES string of the molecule is CC(C)(C)NCC1CCN(CC(=O)C2CC2)CC1. The molecule has 0 spiro atoms. The molecule has 0 atom stereocenters. The number of rotatable bonds is 5. The average Bonchev–Trinajstić information content (AvgIpc) is 3.11. The summed E-state index contributed by atoms with van der Waals surface area (Å²) in [5.74, 6) is 1.70. The third-order valence-electron chi connectivity index (χ3n) is 4.04. The van der Waals surface area contributed by atoms with Gasteiger partial charge in [-0.25, -0.2) is 0 Å². The molecule has 3 heteroatoms. The summed E-state index contributed by atoms with van der Waals surface area (Å²) < 4.78 is 0. The molecule has 104 valence electrons. The Labute approximate surface area is 111 Å². The molecule has 0 bridgehead atoms. The highest BCUT2D eigenvalue weighted by molar-refractivity contribution is 5.84. The maximum atomic E-state index is 11.8. The lowest BCUT2D eigenvalue weighted by molar-refractivity contribution is -0.121. The highest BCUT2D eigenvalue weighted by Crippen LogP contribution is 2.30. The van der Waals surface area contributed by atoms with Crippen LogP contribution in [0.3, 0.4) is 0 Å². The van der Waals surface area contributed by atoms with Crippen LogP contribution in [-0.2, 0) is 4.79 Å². The van der Waals surface area contributed by atoms with Crippen molar-refractivity contribution >= 4 is 5.78 Å². The molecule has 0 aromatic rings. The van der Waals surface area contributed by atoms with E-state index in [-0.39, 0.29) is 5.54 Å². The smallest absolute Gasteiger partial charge is 0.149 e. The summed E-state index contributed by atoms with van der Waals surface area (Å²) in [6.45, 7) is 10.7. The Morgan fingerprint density at radius 1 is 1.17 bits per heavy atom. The van der Waals surface area contributed by atoms with Crippen molar-refractivity contribution in [1.29, 1.82) is 0 Å². The number of piperidine rings is 1. The summed E-state index contributed by atoms with van der Waals surface area (Å²) in [7, 11) is 0. The second-order valence-electron chi connectivity index (χ2n) is 7.09. The molecule has 2 fully saturated rings. The van der Waals surface area contributed by atoms with Gasteiger partial charge in [0.25, 0.3) is 0 Å². The zero-order valence-corrected chi connectivity index (χ0v) is 12.2. The fraction of sp³-hybridized carbons (Fsp3) is 0.933. The van der Waals surface area contributed by atoms with Crippen LogP contribution in [0.2, 0.25) is 0 Å². The van der Waals surface area contributed by atoms with Crippen LogP contribution >= 0.6 is 0 Å². The van der Waals surface area contributed by atoms with E-state index in [1.54, 1.807) is 0 Å². The molecule has 1 aliphatic carbocycles. The van der Waals surface area contributed by atoms with Gasteiger partial charge < -0.3 is 5.32 Å². The van der Waals surface area contributed by atoms with Gasteiger partial charge in [-0.1, -0.05) is 0 Å². The van der Waals surface area contributed by atoms with Crippen LogP contribution in [0.5, 0.6) is 0 Å². The maximum Gasteiger partial charge on any atom is 0.149 e. The number of nitrogens with one attached hydrogen (secondary N) is 1. The number of carbonyl (C=O) groups is 1. The van der Waals surface area contributed by atoms with Gasteiger partial charge in [-0.3, -0.25) is 9.69 Å². The molecule has 0 aromatic heterocycles. The number of nitrogens with zero attached hydrogens (tertiary/aromatic N) is 1. The van der Waals surface area contributed by atoms with E-state index in [0.717, 1.165) is 38.4 Å². The molecule has 1 N–H and O–H groups in total. The zero-order chi connectivity index (χ0) is 13.2. The van der Waals surface area contributed by atoms with E-state index in [4.69, 9.17) is 0 Å². The van der Waals surface area contributed by atoms with Crippen LogP contribution in [0.25, 0.3) is 0 Å². The van der Waals surface area contributed by atoms with E-state index in [0.29, 0.717) is 18.2 Å². The zero-order valence-electron chi connectivity index (χ0n) is 12.2. The van der Waals surface area contributed by atoms with Crippen molar-refractivity contribution in [3.8, 4) is 0 Å². The quantitative estimate of drug-likeness (QED) is 0.813. The fourth-order valence-electron chi connectivity index (χ4n) is 2.55. The normalized spacial score (nSPS) is 23.3. The lowest BCUT2D eigenvalue weighted by atomic mass is 9.95. The molecule has 1 heterocycles. The molecule has 0 amide bonds. The van der Waals surface area contributed by atoms with E-state index in [1.165, 1.54) is 12.8 Å². The van der Waals surface area contributed by atoms with Gasteiger partial charge in [0.2, 0.25) is 0 Å². The summed E-state index contributed by atoms with van der Waals surface area (Å²) in [5, 5.41) is 3.59. The molecule has 1 aliphatic heterocycles. The van der Waals surface area contributed by atoms with Gasteiger partial charge in [0, 0.05) is 11.5 Å². The Morgan fingerprint density at radius 2 is 1.78 bits per heavy atom.